The number of thioether (sulfide) groups is 1. The van der Waals surface area contributed by atoms with Crippen LogP contribution >= 0.6 is 11.8 Å². The lowest BCUT2D eigenvalue weighted by molar-refractivity contribution is -0.119. The molecule has 1 fully saturated rings. The maximum absolute atomic E-state index is 12.5. The fraction of sp³-hybridized carbons (Fsp3) is 0.440. The highest BCUT2D eigenvalue weighted by Gasteiger charge is 2.29. The van der Waals surface area contributed by atoms with Crippen molar-refractivity contribution >= 4 is 23.6 Å². The first-order valence-corrected chi connectivity index (χ1v) is 11.9. The second-order valence-electron chi connectivity index (χ2n) is 8.45. The molecule has 5 heteroatoms. The number of imide groups is 1. The number of hydrogen-bond acceptors (Lipinski definition) is 4. The predicted molar refractivity (Wildman–Crippen MR) is 122 cm³/mol. The van der Waals surface area contributed by atoms with Gasteiger partial charge in [0, 0.05) is 17.5 Å². The van der Waals surface area contributed by atoms with Gasteiger partial charge in [0.05, 0.1) is 10.8 Å². The summed E-state index contributed by atoms with van der Waals surface area (Å²) >= 11 is 1.53. The predicted octanol–water partition coefficient (Wildman–Crippen LogP) is 4.86. The van der Waals surface area contributed by atoms with Crippen molar-refractivity contribution in [2.24, 2.45) is 0 Å². The molecule has 4 nitrogen and oxygen atoms in total. The Kier molecular flexibility index (Phi) is 6.90. The minimum absolute atomic E-state index is 0.157. The summed E-state index contributed by atoms with van der Waals surface area (Å²) in [6.45, 7) is 4.59. The molecule has 0 aromatic heterocycles. The Hall–Kier alpha value is -2.11. The lowest BCUT2D eigenvalue weighted by Gasteiger charge is -2.37. The van der Waals surface area contributed by atoms with Crippen LogP contribution in [-0.4, -0.2) is 41.1 Å². The Labute approximate surface area is 183 Å². The largest absolute Gasteiger partial charge is 0.300 e. The summed E-state index contributed by atoms with van der Waals surface area (Å²) in [6.07, 6.45) is 5.35. The average molecular weight is 423 g/mol. The summed E-state index contributed by atoms with van der Waals surface area (Å²) in [6, 6.07) is 18.8. The molecule has 2 aliphatic heterocycles. The van der Waals surface area contributed by atoms with Gasteiger partial charge in [-0.1, -0.05) is 48.9 Å². The monoisotopic (exact) mass is 422 g/mol. The summed E-state index contributed by atoms with van der Waals surface area (Å²) < 4.78 is 0. The molecule has 0 bridgehead atoms. The maximum Gasteiger partial charge on any atom is 0.259 e. The summed E-state index contributed by atoms with van der Waals surface area (Å²) in [5.41, 5.74) is 2.05. The van der Waals surface area contributed by atoms with Crippen LogP contribution in [0.4, 0.5) is 0 Å². The molecule has 3 atom stereocenters. The zero-order valence-corrected chi connectivity index (χ0v) is 18.4. The first-order valence-electron chi connectivity index (χ1n) is 11.0. The van der Waals surface area contributed by atoms with Gasteiger partial charge in [-0.15, -0.1) is 11.8 Å². The van der Waals surface area contributed by atoms with Crippen LogP contribution in [0.15, 0.2) is 59.5 Å². The molecular weight excluding hydrogens is 392 g/mol. The van der Waals surface area contributed by atoms with Crippen LogP contribution in [-0.2, 0) is 4.79 Å². The van der Waals surface area contributed by atoms with Crippen molar-refractivity contribution in [3.63, 3.8) is 0 Å². The molecule has 0 saturated carbocycles. The van der Waals surface area contributed by atoms with Gasteiger partial charge >= 0.3 is 0 Å². The topological polar surface area (TPSA) is 49.4 Å². The van der Waals surface area contributed by atoms with Gasteiger partial charge in [-0.05, 0) is 62.8 Å². The van der Waals surface area contributed by atoms with Crippen molar-refractivity contribution in [2.75, 3.05) is 13.1 Å². The number of amides is 2. The van der Waals surface area contributed by atoms with E-state index in [1.54, 1.807) is 6.07 Å². The lowest BCUT2D eigenvalue weighted by Crippen LogP contribution is -2.40. The van der Waals surface area contributed by atoms with Gasteiger partial charge < -0.3 is 4.90 Å². The molecule has 1 saturated heterocycles. The highest BCUT2D eigenvalue weighted by Crippen LogP contribution is 2.33. The maximum atomic E-state index is 12.5. The van der Waals surface area contributed by atoms with Gasteiger partial charge in [-0.2, -0.15) is 0 Å². The fourth-order valence-corrected chi connectivity index (χ4v) is 5.80. The molecule has 4 rings (SSSR count). The molecule has 0 spiro atoms. The van der Waals surface area contributed by atoms with Crippen LogP contribution in [0.3, 0.4) is 0 Å². The van der Waals surface area contributed by atoms with Crippen LogP contribution < -0.4 is 5.32 Å². The first kappa shape index (κ1) is 21.1. The zero-order valence-electron chi connectivity index (χ0n) is 17.5. The van der Waals surface area contributed by atoms with Crippen molar-refractivity contribution in [1.82, 2.24) is 10.2 Å². The van der Waals surface area contributed by atoms with Crippen molar-refractivity contribution < 1.29 is 9.59 Å². The Balaban J connectivity index is 1.30. The van der Waals surface area contributed by atoms with Crippen molar-refractivity contribution in [2.45, 2.75) is 61.1 Å². The van der Waals surface area contributed by atoms with E-state index in [2.05, 4.69) is 47.5 Å². The second-order valence-corrected chi connectivity index (χ2v) is 9.69. The van der Waals surface area contributed by atoms with E-state index >= 15 is 0 Å². The summed E-state index contributed by atoms with van der Waals surface area (Å²) in [5.74, 6) is 0.184. The summed E-state index contributed by atoms with van der Waals surface area (Å²) in [7, 11) is 0. The Morgan fingerprint density at radius 1 is 1.10 bits per heavy atom. The smallest absolute Gasteiger partial charge is 0.259 e. The number of piperidine rings is 1. The number of fused-ring (bicyclic) bond motifs is 1. The number of nitrogens with one attached hydrogen (secondary N) is 1. The molecule has 30 heavy (non-hydrogen) atoms. The van der Waals surface area contributed by atoms with E-state index in [1.807, 2.05) is 18.2 Å². The zero-order chi connectivity index (χ0) is 20.9. The molecule has 2 aliphatic rings. The SMILES string of the molecule is CC(CCCC1Sc2ccccc2C(=O)NC1=O)N1CCCC(c2ccccc2)C1. The van der Waals surface area contributed by atoms with E-state index in [9.17, 15) is 9.59 Å². The van der Waals surface area contributed by atoms with E-state index in [4.69, 9.17) is 0 Å². The van der Waals surface area contributed by atoms with Crippen molar-refractivity contribution in [3.8, 4) is 0 Å². The van der Waals surface area contributed by atoms with E-state index in [-0.39, 0.29) is 17.1 Å². The molecular formula is C25H30N2O2S. The van der Waals surface area contributed by atoms with Gasteiger partial charge in [-0.3, -0.25) is 14.9 Å². The fourth-order valence-electron chi connectivity index (χ4n) is 4.60. The van der Waals surface area contributed by atoms with E-state index in [0.717, 1.165) is 37.2 Å². The minimum atomic E-state index is -0.278. The van der Waals surface area contributed by atoms with Crippen LogP contribution in [0, 0.1) is 0 Å². The van der Waals surface area contributed by atoms with Gasteiger partial charge in [0.1, 0.15) is 0 Å². The van der Waals surface area contributed by atoms with E-state index in [0.29, 0.717) is 17.5 Å². The third-order valence-corrected chi connectivity index (χ3v) is 7.71. The number of likely N-dealkylation sites (tertiary alicyclic amines) is 1. The van der Waals surface area contributed by atoms with Gasteiger partial charge in [-0.25, -0.2) is 0 Å². The minimum Gasteiger partial charge on any atom is -0.300 e. The molecule has 0 aliphatic carbocycles. The van der Waals surface area contributed by atoms with Crippen molar-refractivity contribution in [3.05, 3.63) is 65.7 Å². The van der Waals surface area contributed by atoms with Gasteiger partial charge in [0.2, 0.25) is 5.91 Å². The highest BCUT2D eigenvalue weighted by molar-refractivity contribution is 8.00. The number of nitrogens with zero attached hydrogens (tertiary/aromatic N) is 1. The number of benzene rings is 2. The Morgan fingerprint density at radius 2 is 1.87 bits per heavy atom. The highest BCUT2D eigenvalue weighted by atomic mass is 32.2. The summed E-state index contributed by atoms with van der Waals surface area (Å²) in [4.78, 5) is 28.3. The molecule has 0 radical (unpaired) electrons. The van der Waals surface area contributed by atoms with Gasteiger partial charge in [0.25, 0.3) is 5.91 Å². The van der Waals surface area contributed by atoms with Crippen molar-refractivity contribution in [1.29, 1.82) is 0 Å². The number of rotatable bonds is 6. The molecule has 158 valence electrons. The van der Waals surface area contributed by atoms with Crippen LogP contribution in [0.5, 0.6) is 0 Å². The van der Waals surface area contributed by atoms with Gasteiger partial charge in [0.15, 0.2) is 0 Å². The second kappa shape index (κ2) is 9.80. The van der Waals surface area contributed by atoms with E-state index < -0.39 is 0 Å². The average Bonchev–Trinajstić information content (AvgIpc) is 2.90. The first-order chi connectivity index (χ1) is 14.6. The lowest BCUT2D eigenvalue weighted by atomic mass is 9.89. The van der Waals surface area contributed by atoms with Crippen LogP contribution in [0.1, 0.15) is 60.9 Å². The quantitative estimate of drug-likeness (QED) is 0.676. The Morgan fingerprint density at radius 3 is 2.70 bits per heavy atom. The molecule has 2 aromatic rings. The van der Waals surface area contributed by atoms with Crippen LogP contribution in [0.25, 0.3) is 0 Å². The number of hydrogen-bond donors (Lipinski definition) is 1. The number of carbonyl (C=O) groups is 2. The van der Waals surface area contributed by atoms with E-state index in [1.165, 1.54) is 30.2 Å². The Bertz CT molecular complexity index is 886. The molecule has 1 N–H and O–H groups in total. The molecule has 2 aromatic carbocycles. The number of carbonyl (C=O) groups excluding carboxylic acids is 2. The third-order valence-electron chi connectivity index (χ3n) is 6.37. The summed E-state index contributed by atoms with van der Waals surface area (Å²) in [5, 5.41) is 2.36. The van der Waals surface area contributed by atoms with Crippen LogP contribution in [0.2, 0.25) is 0 Å². The molecule has 2 amide bonds. The standard InChI is InChI=1S/C25H30N2O2S/c1-18(27-16-8-12-20(17-27)19-10-3-2-4-11-19)9-7-15-23-25(29)26-24(28)21-13-5-6-14-22(21)30-23/h2-6,10-11,13-14,18,20,23H,7-9,12,15-17H2,1H3,(H,26,28,29). The third kappa shape index (κ3) is 4.96. The molecule has 2 heterocycles. The molecule has 3 unspecified atom stereocenters. The normalized spacial score (nSPS) is 23.4.